The molecule has 2 aromatic heterocycles. The summed E-state index contributed by atoms with van der Waals surface area (Å²) in [5.74, 6) is -0.533. The summed E-state index contributed by atoms with van der Waals surface area (Å²) in [5.41, 5.74) is -0.714. The van der Waals surface area contributed by atoms with Crippen molar-refractivity contribution in [3.63, 3.8) is 0 Å². The Hall–Kier alpha value is -4.45. The number of aromatic nitrogens is 3. The van der Waals surface area contributed by atoms with Crippen molar-refractivity contribution < 1.29 is 31.9 Å². The number of rotatable bonds is 10. The van der Waals surface area contributed by atoms with Crippen LogP contribution in [0.15, 0.2) is 65.5 Å². The van der Waals surface area contributed by atoms with Crippen LogP contribution in [0.25, 0.3) is 22.6 Å². The molecule has 208 valence electrons. The molecule has 1 saturated carbocycles. The normalized spacial score (nSPS) is 13.3. The van der Waals surface area contributed by atoms with Crippen LogP contribution >= 0.6 is 0 Å². The molecule has 4 aromatic rings. The quantitative estimate of drug-likeness (QED) is 0.273. The van der Waals surface area contributed by atoms with Gasteiger partial charge in [-0.3, -0.25) is 4.79 Å². The van der Waals surface area contributed by atoms with Crippen LogP contribution in [0.2, 0.25) is 0 Å². The summed E-state index contributed by atoms with van der Waals surface area (Å²) in [7, 11) is 3.78. The maximum absolute atomic E-state index is 14.6. The molecule has 0 unspecified atom stereocenters. The molecular weight excluding hydrogens is 527 g/mol. The molecule has 1 aliphatic carbocycles. The number of alkyl halides is 3. The van der Waals surface area contributed by atoms with Crippen molar-refractivity contribution in [2.45, 2.75) is 25.1 Å². The molecule has 0 saturated heterocycles. The van der Waals surface area contributed by atoms with Gasteiger partial charge in [0.2, 0.25) is 5.89 Å². The zero-order valence-electron chi connectivity index (χ0n) is 21.7. The van der Waals surface area contributed by atoms with Gasteiger partial charge in [-0.2, -0.15) is 23.4 Å². The van der Waals surface area contributed by atoms with E-state index in [0.29, 0.717) is 37.3 Å². The molecule has 0 bridgehead atoms. The Balaban J connectivity index is 1.53. The van der Waals surface area contributed by atoms with E-state index in [0.717, 1.165) is 6.26 Å². The van der Waals surface area contributed by atoms with Gasteiger partial charge >= 0.3 is 6.18 Å². The van der Waals surface area contributed by atoms with Crippen molar-refractivity contribution in [3.8, 4) is 34.1 Å². The number of hydrogen-bond acceptors (Lipinski definition) is 8. The Morgan fingerprint density at radius 2 is 1.95 bits per heavy atom. The highest BCUT2D eigenvalue weighted by molar-refractivity contribution is 6.05. The second-order valence-corrected chi connectivity index (χ2v) is 9.48. The molecule has 1 N–H and O–H groups in total. The fourth-order valence-electron chi connectivity index (χ4n) is 3.93. The van der Waals surface area contributed by atoms with Crippen LogP contribution < -0.4 is 14.8 Å². The molecule has 5 rings (SSSR count). The third-order valence-corrected chi connectivity index (χ3v) is 6.01. The van der Waals surface area contributed by atoms with Crippen molar-refractivity contribution in [2.75, 3.05) is 32.6 Å². The number of hydrogen-bond donors (Lipinski definition) is 1. The minimum Gasteiger partial charge on any atom is -0.492 e. The van der Waals surface area contributed by atoms with Gasteiger partial charge in [0.15, 0.2) is 5.69 Å². The van der Waals surface area contributed by atoms with Gasteiger partial charge in [0.05, 0.1) is 24.1 Å². The van der Waals surface area contributed by atoms with E-state index in [1.54, 1.807) is 18.2 Å². The van der Waals surface area contributed by atoms with Crippen molar-refractivity contribution in [1.82, 2.24) is 20.1 Å². The number of likely N-dealkylation sites (N-methyl/N-ethyl adjacent to an activating group) is 1. The number of oxazole rings is 1. The van der Waals surface area contributed by atoms with Gasteiger partial charge in [-0.05, 0) is 62.8 Å². The van der Waals surface area contributed by atoms with Gasteiger partial charge in [0.25, 0.3) is 5.91 Å². The number of amides is 1. The third kappa shape index (κ3) is 6.40. The Morgan fingerprint density at radius 1 is 1.12 bits per heavy atom. The Bertz CT molecular complexity index is 1490. The number of carbonyl (C=O) groups is 1. The summed E-state index contributed by atoms with van der Waals surface area (Å²) in [6, 6.07) is 10.5. The van der Waals surface area contributed by atoms with Crippen molar-refractivity contribution >= 4 is 11.6 Å². The molecule has 0 radical (unpaired) electrons. The number of carbonyl (C=O) groups excluding carboxylic acids is 1. The van der Waals surface area contributed by atoms with Crippen molar-refractivity contribution in [1.29, 1.82) is 0 Å². The standard InChI is InChI=1S/C28H26F3N5O4/c1-36(2)12-13-38-20-5-3-4-17(14-20)24-21(8-9-23(40-19-6-7-19)25(24)28(29,30)31)34-26(37)22-16-39-27(35-22)18-10-11-32-33-15-18/h3-5,8-11,14-16,19H,6-7,12-13H2,1-2H3,(H,34,37). The molecule has 0 aliphatic heterocycles. The summed E-state index contributed by atoms with van der Waals surface area (Å²) >= 11 is 0. The second-order valence-electron chi connectivity index (χ2n) is 9.48. The molecule has 1 fully saturated rings. The van der Waals surface area contributed by atoms with Gasteiger partial charge in [-0.1, -0.05) is 12.1 Å². The number of nitrogens with zero attached hydrogens (tertiary/aromatic N) is 4. The predicted molar refractivity (Wildman–Crippen MR) is 140 cm³/mol. The minimum absolute atomic E-state index is 0.0685. The molecule has 12 heteroatoms. The molecule has 2 heterocycles. The monoisotopic (exact) mass is 553 g/mol. The van der Waals surface area contributed by atoms with E-state index in [-0.39, 0.29) is 40.3 Å². The summed E-state index contributed by atoms with van der Waals surface area (Å²) < 4.78 is 60.7. The van der Waals surface area contributed by atoms with E-state index in [2.05, 4.69) is 20.5 Å². The van der Waals surface area contributed by atoms with E-state index in [4.69, 9.17) is 13.9 Å². The second kappa shape index (κ2) is 11.3. The SMILES string of the molecule is CN(C)CCOc1cccc(-c2c(NC(=O)c3coc(-c4ccnnc4)n3)ccc(OC3CC3)c2C(F)(F)F)c1. The molecule has 2 aromatic carbocycles. The van der Waals surface area contributed by atoms with Gasteiger partial charge in [-0.25, -0.2) is 4.98 Å². The number of halogens is 3. The van der Waals surface area contributed by atoms with Crippen molar-refractivity contribution in [2.24, 2.45) is 0 Å². The molecule has 1 aliphatic rings. The van der Waals surface area contributed by atoms with Crippen LogP contribution in [0.4, 0.5) is 18.9 Å². The fraction of sp³-hybridized carbons (Fsp3) is 0.286. The highest BCUT2D eigenvalue weighted by Gasteiger charge is 2.40. The molecule has 0 spiro atoms. The minimum atomic E-state index is -4.78. The van der Waals surface area contributed by atoms with Crippen molar-refractivity contribution in [3.05, 3.63) is 72.4 Å². The molecular formula is C28H26F3N5O4. The van der Waals surface area contributed by atoms with Crippen LogP contribution in [0.5, 0.6) is 11.5 Å². The topological polar surface area (TPSA) is 103 Å². The average Bonchev–Trinajstić information content (AvgIpc) is 3.59. The highest BCUT2D eigenvalue weighted by atomic mass is 19.4. The first-order valence-electron chi connectivity index (χ1n) is 12.5. The first-order valence-corrected chi connectivity index (χ1v) is 12.5. The van der Waals surface area contributed by atoms with Gasteiger partial charge < -0.3 is 24.1 Å². The predicted octanol–water partition coefficient (Wildman–Crippen LogP) is 5.55. The number of anilines is 1. The lowest BCUT2D eigenvalue weighted by Crippen LogP contribution is -2.19. The Labute approximate surface area is 227 Å². The van der Waals surface area contributed by atoms with Gasteiger partial charge in [-0.15, -0.1) is 0 Å². The average molecular weight is 554 g/mol. The molecule has 0 atom stereocenters. The number of benzene rings is 2. The van der Waals surface area contributed by atoms with Crippen LogP contribution in [0.1, 0.15) is 28.9 Å². The highest BCUT2D eigenvalue weighted by Crippen LogP contribution is 2.48. The Morgan fingerprint density at radius 3 is 2.65 bits per heavy atom. The first kappa shape index (κ1) is 27.1. The Kier molecular flexibility index (Phi) is 7.69. The third-order valence-electron chi connectivity index (χ3n) is 6.01. The summed E-state index contributed by atoms with van der Waals surface area (Å²) in [6.45, 7) is 0.970. The van der Waals surface area contributed by atoms with Crippen LogP contribution in [-0.4, -0.2) is 59.3 Å². The lowest BCUT2D eigenvalue weighted by Gasteiger charge is -2.22. The van der Waals surface area contributed by atoms with E-state index in [1.165, 1.54) is 36.7 Å². The van der Waals surface area contributed by atoms with E-state index in [1.807, 2.05) is 19.0 Å². The summed E-state index contributed by atoms with van der Waals surface area (Å²) in [4.78, 5) is 19.2. The van der Waals surface area contributed by atoms with E-state index in [9.17, 15) is 18.0 Å². The van der Waals surface area contributed by atoms with Gasteiger partial charge in [0, 0.05) is 17.8 Å². The van der Waals surface area contributed by atoms with Crippen LogP contribution in [0, 0.1) is 0 Å². The number of nitrogens with one attached hydrogen (secondary N) is 1. The van der Waals surface area contributed by atoms with Crippen LogP contribution in [-0.2, 0) is 6.18 Å². The lowest BCUT2D eigenvalue weighted by molar-refractivity contribution is -0.138. The smallest absolute Gasteiger partial charge is 0.420 e. The molecule has 1 amide bonds. The summed E-state index contributed by atoms with van der Waals surface area (Å²) in [5, 5.41) is 10.0. The largest absolute Gasteiger partial charge is 0.492 e. The number of ether oxygens (including phenoxy) is 2. The van der Waals surface area contributed by atoms with Gasteiger partial charge in [0.1, 0.15) is 29.9 Å². The van der Waals surface area contributed by atoms with E-state index < -0.39 is 17.6 Å². The summed E-state index contributed by atoms with van der Waals surface area (Å²) in [6.07, 6.45) is 0.285. The zero-order valence-corrected chi connectivity index (χ0v) is 21.7. The molecule has 9 nitrogen and oxygen atoms in total. The zero-order chi connectivity index (χ0) is 28.3. The lowest BCUT2D eigenvalue weighted by atomic mass is 9.95. The van der Waals surface area contributed by atoms with E-state index >= 15 is 0 Å². The van der Waals surface area contributed by atoms with Crippen LogP contribution in [0.3, 0.4) is 0 Å². The maximum Gasteiger partial charge on any atom is 0.420 e. The molecule has 40 heavy (non-hydrogen) atoms. The fourth-order valence-corrected chi connectivity index (χ4v) is 3.93. The maximum atomic E-state index is 14.6. The first-order chi connectivity index (χ1) is 19.2.